The van der Waals surface area contributed by atoms with Gasteiger partial charge in [0.15, 0.2) is 5.78 Å². The molecule has 0 saturated heterocycles. The van der Waals surface area contributed by atoms with Gasteiger partial charge in [0.2, 0.25) is 0 Å². The van der Waals surface area contributed by atoms with E-state index in [9.17, 15) is 19.5 Å². The molecule has 4 rings (SSSR count). The number of ketones is 1. The van der Waals surface area contributed by atoms with E-state index in [1.165, 1.54) is 12.4 Å². The minimum Gasteiger partial charge on any atom is -0.480 e. The third kappa shape index (κ3) is 4.62. The number of amides is 1. The Labute approximate surface area is 220 Å². The molecule has 0 bridgehead atoms. The first-order valence-electron chi connectivity index (χ1n) is 11.0. The molecular weight excluding hydrogens is 557 g/mol. The number of nitrogens with one attached hydrogen (secondary N) is 2. The fraction of sp³-hybridized carbons (Fsp3) is 0.280. The van der Waals surface area contributed by atoms with Crippen LogP contribution in [0.1, 0.15) is 48.0 Å². The maximum absolute atomic E-state index is 12.6. The number of aliphatic carboxylic acids is 1. The molecule has 1 heterocycles. The third-order valence-electron chi connectivity index (χ3n) is 6.52. The number of carboxylic acids is 1. The molecule has 182 valence electrons. The van der Waals surface area contributed by atoms with Crippen LogP contribution in [0.15, 0.2) is 59.0 Å². The number of Topliss-reactive ketones (excluding diaryl/α,β-unsaturated/α-hetero) is 1. The first-order chi connectivity index (χ1) is 16.7. The molecule has 1 aromatic carbocycles. The van der Waals surface area contributed by atoms with Crippen molar-refractivity contribution in [2.45, 2.75) is 38.1 Å². The van der Waals surface area contributed by atoms with E-state index in [1.807, 2.05) is 19.1 Å². The van der Waals surface area contributed by atoms with E-state index >= 15 is 0 Å². The lowest BCUT2D eigenvalue weighted by Crippen LogP contribution is -2.52. The van der Waals surface area contributed by atoms with Gasteiger partial charge in [-0.1, -0.05) is 54.4 Å². The van der Waals surface area contributed by atoms with Crippen molar-refractivity contribution in [3.8, 4) is 0 Å². The highest BCUT2D eigenvalue weighted by atomic mass is 79.9. The maximum Gasteiger partial charge on any atom is 0.326 e. The number of allylic oxidation sites excluding steroid dienone is 4. The summed E-state index contributed by atoms with van der Waals surface area (Å²) in [6.07, 6.45) is 8.24. The number of aromatic nitrogens is 1. The summed E-state index contributed by atoms with van der Waals surface area (Å²) in [5, 5.41) is 16.2. The lowest BCUT2D eigenvalue weighted by molar-refractivity contribution is -0.140. The SMILES string of the molecule is CCC(c1ccc(NC(=O)c2c(Cl)cncc2Cl)cc1)C(NC1=C(Br)C(=O)C12CC=CC2)C(=O)O. The Morgan fingerprint density at radius 3 is 2.29 bits per heavy atom. The summed E-state index contributed by atoms with van der Waals surface area (Å²) < 4.78 is 0.411. The van der Waals surface area contributed by atoms with Crippen LogP contribution < -0.4 is 10.6 Å². The Morgan fingerprint density at radius 1 is 1.14 bits per heavy atom. The number of anilines is 1. The lowest BCUT2D eigenvalue weighted by atomic mass is 9.69. The number of carboxylic acid groups (broad SMARTS) is 1. The molecule has 7 nitrogen and oxygen atoms in total. The van der Waals surface area contributed by atoms with Crippen molar-refractivity contribution in [2.75, 3.05) is 5.32 Å². The van der Waals surface area contributed by atoms with Crippen LogP contribution in [0.2, 0.25) is 10.0 Å². The van der Waals surface area contributed by atoms with E-state index in [0.717, 1.165) is 5.56 Å². The van der Waals surface area contributed by atoms with Crippen molar-refractivity contribution in [3.63, 3.8) is 0 Å². The predicted molar refractivity (Wildman–Crippen MR) is 138 cm³/mol. The van der Waals surface area contributed by atoms with E-state index in [-0.39, 0.29) is 27.3 Å². The molecule has 2 atom stereocenters. The molecule has 35 heavy (non-hydrogen) atoms. The number of hydrogen-bond donors (Lipinski definition) is 3. The largest absolute Gasteiger partial charge is 0.480 e. The Hall–Kier alpha value is -2.68. The summed E-state index contributed by atoms with van der Waals surface area (Å²) in [6, 6.07) is 6.01. The summed E-state index contributed by atoms with van der Waals surface area (Å²) in [4.78, 5) is 41.3. The van der Waals surface area contributed by atoms with Crippen LogP contribution in [0.5, 0.6) is 0 Å². The molecular formula is C25H22BrCl2N3O4. The zero-order chi connectivity index (χ0) is 25.3. The predicted octanol–water partition coefficient (Wildman–Crippen LogP) is 5.70. The van der Waals surface area contributed by atoms with Crippen molar-refractivity contribution in [1.29, 1.82) is 0 Å². The molecule has 0 aliphatic heterocycles. The van der Waals surface area contributed by atoms with Gasteiger partial charge in [-0.3, -0.25) is 14.6 Å². The number of benzene rings is 1. The first kappa shape index (κ1) is 25.4. The quantitative estimate of drug-likeness (QED) is 0.347. The van der Waals surface area contributed by atoms with Gasteiger partial charge in [-0.2, -0.15) is 0 Å². The van der Waals surface area contributed by atoms with Crippen LogP contribution in [0.4, 0.5) is 5.69 Å². The molecule has 2 aliphatic rings. The van der Waals surface area contributed by atoms with Crippen molar-refractivity contribution in [2.24, 2.45) is 5.41 Å². The molecule has 3 N–H and O–H groups in total. The van der Waals surface area contributed by atoms with E-state index in [0.29, 0.717) is 35.1 Å². The van der Waals surface area contributed by atoms with Gasteiger partial charge >= 0.3 is 5.97 Å². The van der Waals surface area contributed by atoms with E-state index < -0.39 is 23.3 Å². The van der Waals surface area contributed by atoms with Gasteiger partial charge in [0, 0.05) is 29.7 Å². The average molecular weight is 579 g/mol. The Balaban J connectivity index is 1.53. The van der Waals surface area contributed by atoms with Gasteiger partial charge in [0.1, 0.15) is 6.04 Å². The highest BCUT2D eigenvalue weighted by molar-refractivity contribution is 9.12. The number of nitrogens with zero attached hydrogens (tertiary/aromatic N) is 1. The Kier molecular flexibility index (Phi) is 7.35. The number of carbonyl (C=O) groups excluding carboxylic acids is 2. The molecule has 1 aromatic heterocycles. The summed E-state index contributed by atoms with van der Waals surface area (Å²) in [7, 11) is 0. The topological polar surface area (TPSA) is 108 Å². The number of carbonyl (C=O) groups is 3. The van der Waals surface area contributed by atoms with Crippen molar-refractivity contribution in [3.05, 3.63) is 80.2 Å². The molecule has 2 aromatic rings. The normalized spacial score (nSPS) is 17.8. The van der Waals surface area contributed by atoms with Gasteiger partial charge in [0.05, 0.1) is 25.5 Å². The van der Waals surface area contributed by atoms with Gasteiger partial charge < -0.3 is 15.7 Å². The molecule has 2 unspecified atom stereocenters. The van der Waals surface area contributed by atoms with Gasteiger partial charge in [-0.05, 0) is 52.9 Å². The fourth-order valence-corrected chi connectivity index (χ4v) is 6.03. The van der Waals surface area contributed by atoms with Crippen LogP contribution in [-0.4, -0.2) is 33.8 Å². The van der Waals surface area contributed by atoms with Crippen molar-refractivity contribution < 1.29 is 19.5 Å². The molecule has 1 amide bonds. The average Bonchev–Trinajstić information content (AvgIpc) is 3.34. The van der Waals surface area contributed by atoms with E-state index in [4.69, 9.17) is 23.2 Å². The summed E-state index contributed by atoms with van der Waals surface area (Å²) >= 11 is 15.4. The van der Waals surface area contributed by atoms with Crippen LogP contribution in [0, 0.1) is 5.41 Å². The highest BCUT2D eigenvalue weighted by Crippen LogP contribution is 2.52. The van der Waals surface area contributed by atoms with E-state index in [2.05, 4.69) is 31.5 Å². The zero-order valence-electron chi connectivity index (χ0n) is 18.6. The highest BCUT2D eigenvalue weighted by Gasteiger charge is 2.54. The number of hydrogen-bond acceptors (Lipinski definition) is 5. The Morgan fingerprint density at radius 2 is 1.74 bits per heavy atom. The summed E-state index contributed by atoms with van der Waals surface area (Å²) in [5.74, 6) is -1.87. The smallest absolute Gasteiger partial charge is 0.326 e. The number of rotatable bonds is 8. The second kappa shape index (κ2) is 10.1. The monoisotopic (exact) mass is 577 g/mol. The Bertz CT molecular complexity index is 1230. The van der Waals surface area contributed by atoms with Gasteiger partial charge in [-0.15, -0.1) is 0 Å². The first-order valence-corrected chi connectivity index (χ1v) is 12.5. The molecule has 1 spiro atoms. The van der Waals surface area contributed by atoms with Crippen LogP contribution in [0.25, 0.3) is 0 Å². The van der Waals surface area contributed by atoms with Gasteiger partial charge in [-0.25, -0.2) is 4.79 Å². The number of halogens is 3. The molecule has 2 aliphatic carbocycles. The maximum atomic E-state index is 12.6. The molecule has 0 fully saturated rings. The minimum absolute atomic E-state index is 0.00307. The fourth-order valence-electron chi connectivity index (χ4n) is 4.62. The summed E-state index contributed by atoms with van der Waals surface area (Å²) in [5.41, 5.74) is 1.37. The second-order valence-corrected chi connectivity index (χ2v) is 10.1. The number of pyridine rings is 1. The minimum atomic E-state index is -1.01. The molecule has 0 radical (unpaired) electrons. The van der Waals surface area contributed by atoms with Crippen molar-refractivity contribution in [1.82, 2.24) is 10.3 Å². The van der Waals surface area contributed by atoms with Crippen molar-refractivity contribution >= 4 is 62.5 Å². The van der Waals surface area contributed by atoms with Crippen LogP contribution in [-0.2, 0) is 9.59 Å². The van der Waals surface area contributed by atoms with Crippen LogP contribution in [0.3, 0.4) is 0 Å². The zero-order valence-corrected chi connectivity index (χ0v) is 21.7. The van der Waals surface area contributed by atoms with Gasteiger partial charge in [0.25, 0.3) is 5.91 Å². The second-order valence-electron chi connectivity index (χ2n) is 8.51. The summed E-state index contributed by atoms with van der Waals surface area (Å²) in [6.45, 7) is 1.91. The standard InChI is InChI=1S/C25H22BrCl2N3O4/c1-2-15(20(24(34)35)31-21-19(26)22(32)25(21)9-3-4-10-25)13-5-7-14(8-6-13)30-23(33)18-16(27)11-29-12-17(18)28/h3-8,11-12,15,20,31H,2,9-10H2,1H3,(H,30,33)(H,34,35). The van der Waals surface area contributed by atoms with Crippen LogP contribution >= 0.6 is 39.1 Å². The molecule has 0 saturated carbocycles. The lowest BCUT2D eigenvalue weighted by Gasteiger charge is -2.42. The third-order valence-corrected chi connectivity index (χ3v) is 7.85. The molecule has 10 heteroatoms. The van der Waals surface area contributed by atoms with E-state index in [1.54, 1.807) is 24.3 Å².